The first kappa shape index (κ1) is 26.7. The van der Waals surface area contributed by atoms with Crippen molar-refractivity contribution < 1.29 is 27.4 Å². The number of rotatable bonds is 3. The average Bonchev–Trinajstić information content (AvgIpc) is 3.38. The maximum Gasteiger partial charge on any atom is 0.432 e. The van der Waals surface area contributed by atoms with Gasteiger partial charge in [-0.2, -0.15) is 13.2 Å². The molecule has 1 aliphatic carbocycles. The van der Waals surface area contributed by atoms with Gasteiger partial charge in [0, 0.05) is 23.9 Å². The van der Waals surface area contributed by atoms with Crippen molar-refractivity contribution >= 4 is 46.3 Å². The highest BCUT2D eigenvalue weighted by molar-refractivity contribution is 6.48. The fourth-order valence-electron chi connectivity index (χ4n) is 5.56. The topological polar surface area (TPSA) is 47.6 Å². The van der Waals surface area contributed by atoms with Crippen LogP contribution in [0.1, 0.15) is 55.9 Å². The summed E-state index contributed by atoms with van der Waals surface area (Å²) in [6.07, 6.45) is -2.57. The number of halogens is 6. The second-order valence-electron chi connectivity index (χ2n) is 10.9. The molecule has 10 heteroatoms. The minimum Gasteiger partial charge on any atom is -0.480 e. The van der Waals surface area contributed by atoms with Crippen LogP contribution in [0, 0.1) is 0 Å². The van der Waals surface area contributed by atoms with Gasteiger partial charge in [-0.05, 0) is 68.0 Å². The maximum atomic E-state index is 14.4. The Morgan fingerprint density at radius 1 is 1.11 bits per heavy atom. The molecule has 0 amide bonds. The van der Waals surface area contributed by atoms with Gasteiger partial charge in [-0.1, -0.05) is 53.0 Å². The van der Waals surface area contributed by atoms with Crippen molar-refractivity contribution in [1.29, 1.82) is 0 Å². The summed E-state index contributed by atoms with van der Waals surface area (Å²) in [6, 6.07) is 7.45. The van der Waals surface area contributed by atoms with Crippen LogP contribution in [0.15, 0.2) is 36.6 Å². The third kappa shape index (κ3) is 4.32. The van der Waals surface area contributed by atoms with Crippen LogP contribution in [-0.4, -0.2) is 30.3 Å². The van der Waals surface area contributed by atoms with Crippen molar-refractivity contribution in [2.24, 2.45) is 0 Å². The lowest BCUT2D eigenvalue weighted by Crippen LogP contribution is -2.68. The molecule has 5 rings (SSSR count). The fraction of sp³-hybridized carbons (Fsp3) is 0.444. The lowest BCUT2D eigenvalue weighted by Gasteiger charge is -2.47. The molecular weight excluding hydrogens is 550 g/mol. The molecule has 0 saturated carbocycles. The van der Waals surface area contributed by atoms with Crippen LogP contribution in [0.3, 0.4) is 0 Å². The van der Waals surface area contributed by atoms with E-state index < -0.39 is 29.8 Å². The summed E-state index contributed by atoms with van der Waals surface area (Å²) in [5, 5.41) is 3.03. The third-order valence-electron chi connectivity index (χ3n) is 7.42. The van der Waals surface area contributed by atoms with Gasteiger partial charge >= 0.3 is 12.1 Å². The number of hydrogen-bond acceptors (Lipinski definition) is 4. The third-order valence-corrected chi connectivity index (χ3v) is 8.62. The number of alkyl halides is 3. The molecule has 0 bridgehead atoms. The molecule has 3 unspecified atom stereocenters. The van der Waals surface area contributed by atoms with Gasteiger partial charge in [0.1, 0.15) is 11.6 Å². The summed E-state index contributed by atoms with van der Waals surface area (Å²) in [5.41, 5.74) is -0.749. The Morgan fingerprint density at radius 2 is 1.78 bits per heavy atom. The van der Waals surface area contributed by atoms with E-state index in [9.17, 15) is 18.0 Å². The van der Waals surface area contributed by atoms with E-state index in [4.69, 9.17) is 44.3 Å². The molecule has 0 aromatic heterocycles. The van der Waals surface area contributed by atoms with Crippen molar-refractivity contribution in [1.82, 2.24) is 5.32 Å². The lowest BCUT2D eigenvalue weighted by atomic mass is 9.69. The summed E-state index contributed by atoms with van der Waals surface area (Å²) < 4.78 is 54.3. The predicted octanol–water partition coefficient (Wildman–Crippen LogP) is 7.36. The van der Waals surface area contributed by atoms with Crippen molar-refractivity contribution in [3.05, 3.63) is 73.9 Å². The summed E-state index contributed by atoms with van der Waals surface area (Å²) in [6.45, 7) is 6.13. The van der Waals surface area contributed by atoms with E-state index >= 15 is 0 Å². The van der Waals surface area contributed by atoms with Gasteiger partial charge < -0.3 is 14.8 Å². The normalized spacial score (nSPS) is 26.9. The van der Waals surface area contributed by atoms with E-state index in [1.165, 1.54) is 0 Å². The second-order valence-corrected chi connectivity index (χ2v) is 12.1. The maximum absolute atomic E-state index is 14.4. The Bertz CT molecular complexity index is 1300. The van der Waals surface area contributed by atoms with Crippen LogP contribution >= 0.6 is 34.8 Å². The first-order chi connectivity index (χ1) is 17.2. The molecule has 198 valence electrons. The standard InChI is InChI=1S/C27H25Cl3F3NO3/c1-24(2,3)37-23(35)22-25(13-34-22)7-6-15-8-14(4-5-18(15)25)16-11-26(36-12-16,27(31,32)33)17-9-19(28)21(30)20(29)10-17/h4-5,8-10,12,22,34H,6-7,11,13H2,1-3H3. The first-order valence-corrected chi connectivity index (χ1v) is 13.0. The number of benzene rings is 2. The van der Waals surface area contributed by atoms with Crippen molar-refractivity contribution in [3.8, 4) is 0 Å². The highest BCUT2D eigenvalue weighted by Crippen LogP contribution is 2.54. The minimum absolute atomic E-state index is 0.0155. The van der Waals surface area contributed by atoms with E-state index in [1.807, 2.05) is 32.9 Å². The van der Waals surface area contributed by atoms with Gasteiger partial charge in [0.15, 0.2) is 0 Å². The summed E-state index contributed by atoms with van der Waals surface area (Å²) >= 11 is 18.1. The molecule has 3 atom stereocenters. The molecule has 37 heavy (non-hydrogen) atoms. The molecule has 0 radical (unpaired) electrons. The smallest absolute Gasteiger partial charge is 0.432 e. The average molecular weight is 575 g/mol. The molecule has 1 saturated heterocycles. The van der Waals surface area contributed by atoms with E-state index in [0.29, 0.717) is 24.1 Å². The highest BCUT2D eigenvalue weighted by Gasteiger charge is 2.61. The van der Waals surface area contributed by atoms with Gasteiger partial charge in [0.05, 0.1) is 21.3 Å². The quantitative estimate of drug-likeness (QED) is 0.307. The van der Waals surface area contributed by atoms with Gasteiger partial charge in [-0.25, -0.2) is 0 Å². The Balaban J connectivity index is 1.43. The number of aryl methyl sites for hydroxylation is 1. The number of carbonyl (C=O) groups is 1. The van der Waals surface area contributed by atoms with Crippen LogP contribution in [-0.2, 0) is 31.7 Å². The molecule has 2 heterocycles. The molecule has 1 N–H and O–H groups in total. The fourth-order valence-corrected chi connectivity index (χ4v) is 6.16. The zero-order valence-electron chi connectivity index (χ0n) is 20.4. The Morgan fingerprint density at radius 3 is 2.35 bits per heavy atom. The van der Waals surface area contributed by atoms with Crippen LogP contribution in [0.4, 0.5) is 13.2 Å². The molecule has 2 aromatic carbocycles. The number of ether oxygens (including phenoxy) is 2. The van der Waals surface area contributed by atoms with Gasteiger partial charge in [-0.15, -0.1) is 0 Å². The molecule has 1 spiro atoms. The summed E-state index contributed by atoms with van der Waals surface area (Å²) in [4.78, 5) is 12.8. The summed E-state index contributed by atoms with van der Waals surface area (Å²) in [7, 11) is 0. The predicted molar refractivity (Wildman–Crippen MR) is 137 cm³/mol. The van der Waals surface area contributed by atoms with Crippen molar-refractivity contribution in [2.75, 3.05) is 6.54 Å². The molecular formula is C27H25Cl3F3NO3. The van der Waals surface area contributed by atoms with Gasteiger partial charge in [0.25, 0.3) is 0 Å². The van der Waals surface area contributed by atoms with Crippen molar-refractivity contribution in [2.45, 2.75) is 68.9 Å². The molecule has 4 nitrogen and oxygen atoms in total. The Labute approximate surface area is 228 Å². The van der Waals surface area contributed by atoms with Crippen LogP contribution in [0.2, 0.25) is 15.1 Å². The number of carbonyl (C=O) groups excluding carboxylic acids is 1. The van der Waals surface area contributed by atoms with Gasteiger partial charge in [0.2, 0.25) is 5.60 Å². The SMILES string of the molecule is CC(C)(C)OC(=O)C1NCC12CCc1cc(C3=COC(c4cc(Cl)c(Cl)c(Cl)c4)(C(F)(F)F)C3)ccc12. The number of nitrogens with one attached hydrogen (secondary N) is 1. The van der Waals surface area contributed by atoms with Crippen molar-refractivity contribution in [3.63, 3.8) is 0 Å². The minimum atomic E-state index is -4.75. The lowest BCUT2D eigenvalue weighted by molar-refractivity contribution is -0.260. The van der Waals surface area contributed by atoms with E-state index in [0.717, 1.165) is 35.9 Å². The molecule has 3 aliphatic rings. The number of esters is 1. The van der Waals surface area contributed by atoms with E-state index in [1.54, 1.807) is 6.07 Å². The monoisotopic (exact) mass is 573 g/mol. The first-order valence-electron chi connectivity index (χ1n) is 11.9. The van der Waals surface area contributed by atoms with E-state index in [-0.39, 0.29) is 32.0 Å². The second kappa shape index (κ2) is 8.80. The zero-order chi connectivity index (χ0) is 27.0. The highest BCUT2D eigenvalue weighted by atomic mass is 35.5. The Kier molecular flexibility index (Phi) is 6.34. The molecule has 2 aliphatic heterocycles. The van der Waals surface area contributed by atoms with Gasteiger partial charge in [-0.3, -0.25) is 4.79 Å². The largest absolute Gasteiger partial charge is 0.480 e. The summed E-state index contributed by atoms with van der Waals surface area (Å²) in [5.74, 6) is -0.294. The number of fused-ring (bicyclic) bond motifs is 2. The Hall–Kier alpha value is -1.93. The van der Waals surface area contributed by atoms with Crippen LogP contribution < -0.4 is 5.32 Å². The van der Waals surface area contributed by atoms with E-state index in [2.05, 4.69) is 5.32 Å². The zero-order valence-corrected chi connectivity index (χ0v) is 22.6. The van der Waals surface area contributed by atoms with Crippen LogP contribution in [0.25, 0.3) is 5.57 Å². The number of hydrogen-bond donors (Lipinski definition) is 1. The molecule has 1 fully saturated rings. The molecule has 2 aromatic rings. The van der Waals surface area contributed by atoms with Crippen LogP contribution in [0.5, 0.6) is 0 Å².